The van der Waals surface area contributed by atoms with E-state index in [9.17, 15) is 4.39 Å². The second kappa shape index (κ2) is 6.95. The molecule has 2 aromatic carbocycles. The topological polar surface area (TPSA) is 18.5 Å². The molecule has 0 amide bonds. The fourth-order valence-corrected chi connectivity index (χ4v) is 2.48. The molecular weight excluding hydrogens is 347 g/mol. The Morgan fingerprint density at radius 3 is 2.45 bits per heavy atom. The van der Waals surface area contributed by atoms with E-state index in [4.69, 9.17) is 21.1 Å². The fourth-order valence-electron chi connectivity index (χ4n) is 1.73. The normalized spacial score (nSPS) is 10.4. The van der Waals surface area contributed by atoms with Crippen LogP contribution in [0.1, 0.15) is 11.1 Å². The van der Waals surface area contributed by atoms with E-state index in [-0.39, 0.29) is 5.82 Å². The van der Waals surface area contributed by atoms with E-state index in [0.717, 1.165) is 15.6 Å². The summed E-state index contributed by atoms with van der Waals surface area (Å²) in [6, 6.07) is 9.89. The summed E-state index contributed by atoms with van der Waals surface area (Å²) >= 11 is 9.26. The second-order valence-electron chi connectivity index (χ2n) is 4.16. The number of alkyl halides is 1. The van der Waals surface area contributed by atoms with Gasteiger partial charge in [0.1, 0.15) is 12.4 Å². The average molecular weight is 360 g/mol. The van der Waals surface area contributed by atoms with Crippen LogP contribution in [0.15, 0.2) is 40.9 Å². The Labute approximate surface area is 130 Å². The van der Waals surface area contributed by atoms with Crippen LogP contribution in [-0.4, -0.2) is 7.11 Å². The number of ether oxygens (including phenoxy) is 2. The maximum atomic E-state index is 12.8. The van der Waals surface area contributed by atoms with Crippen molar-refractivity contribution in [3.05, 3.63) is 57.8 Å². The third-order valence-electron chi connectivity index (χ3n) is 2.74. The molecule has 0 N–H and O–H groups in total. The van der Waals surface area contributed by atoms with Crippen LogP contribution in [0.4, 0.5) is 4.39 Å². The highest BCUT2D eigenvalue weighted by molar-refractivity contribution is 9.10. The van der Waals surface area contributed by atoms with Crippen LogP contribution < -0.4 is 9.47 Å². The van der Waals surface area contributed by atoms with Crippen molar-refractivity contribution in [2.75, 3.05) is 7.11 Å². The molecule has 0 radical (unpaired) electrons. The molecule has 0 aliphatic carbocycles. The minimum absolute atomic E-state index is 0.265. The van der Waals surface area contributed by atoms with Gasteiger partial charge < -0.3 is 9.47 Å². The van der Waals surface area contributed by atoms with Gasteiger partial charge in [-0.05, 0) is 51.3 Å². The minimum atomic E-state index is -0.265. The molecule has 0 saturated heterocycles. The zero-order valence-corrected chi connectivity index (χ0v) is 13.2. The van der Waals surface area contributed by atoms with Crippen molar-refractivity contribution < 1.29 is 13.9 Å². The Hall–Kier alpha value is -1.26. The van der Waals surface area contributed by atoms with E-state index in [2.05, 4.69) is 15.9 Å². The van der Waals surface area contributed by atoms with E-state index in [1.54, 1.807) is 19.2 Å². The molecule has 106 valence electrons. The predicted molar refractivity (Wildman–Crippen MR) is 81.0 cm³/mol. The Morgan fingerprint density at radius 2 is 1.85 bits per heavy atom. The summed E-state index contributed by atoms with van der Waals surface area (Å²) in [6.07, 6.45) is 0. The molecule has 0 saturated carbocycles. The van der Waals surface area contributed by atoms with Crippen LogP contribution in [0.5, 0.6) is 11.5 Å². The standard InChI is InChI=1S/C15H13BrClFO2/c1-19-14-7-11(8-17)6-13(16)15(14)20-9-10-2-4-12(18)5-3-10/h2-7H,8-9H2,1H3. The smallest absolute Gasteiger partial charge is 0.175 e. The third kappa shape index (κ3) is 3.64. The highest BCUT2D eigenvalue weighted by Crippen LogP contribution is 2.37. The quantitative estimate of drug-likeness (QED) is 0.706. The molecule has 0 unspecified atom stereocenters. The van der Waals surface area contributed by atoms with Gasteiger partial charge in [-0.25, -0.2) is 4.39 Å². The largest absolute Gasteiger partial charge is 0.493 e. The third-order valence-corrected chi connectivity index (χ3v) is 3.64. The number of rotatable bonds is 5. The molecule has 0 aliphatic rings. The average Bonchev–Trinajstić information content (AvgIpc) is 2.47. The molecule has 5 heteroatoms. The summed E-state index contributed by atoms with van der Waals surface area (Å²) in [6.45, 7) is 0.329. The van der Waals surface area contributed by atoms with Gasteiger partial charge in [0, 0.05) is 5.88 Å². The lowest BCUT2D eigenvalue weighted by Gasteiger charge is -2.14. The van der Waals surface area contributed by atoms with Gasteiger partial charge in [0.05, 0.1) is 11.6 Å². The van der Waals surface area contributed by atoms with Crippen molar-refractivity contribution >= 4 is 27.5 Å². The van der Waals surface area contributed by atoms with Crippen molar-refractivity contribution in [3.8, 4) is 11.5 Å². The van der Waals surface area contributed by atoms with E-state index < -0.39 is 0 Å². The molecule has 0 spiro atoms. The Kier molecular flexibility index (Phi) is 5.26. The number of methoxy groups -OCH3 is 1. The highest BCUT2D eigenvalue weighted by Gasteiger charge is 2.11. The van der Waals surface area contributed by atoms with Gasteiger partial charge in [0.2, 0.25) is 0 Å². The van der Waals surface area contributed by atoms with Gasteiger partial charge in [0.15, 0.2) is 11.5 Å². The van der Waals surface area contributed by atoms with Gasteiger partial charge in [-0.2, -0.15) is 0 Å². The minimum Gasteiger partial charge on any atom is -0.493 e. The van der Waals surface area contributed by atoms with Crippen molar-refractivity contribution in [2.24, 2.45) is 0 Å². The first-order chi connectivity index (χ1) is 9.63. The summed E-state index contributed by atoms with van der Waals surface area (Å²) in [5.74, 6) is 1.34. The van der Waals surface area contributed by atoms with E-state index in [1.807, 2.05) is 12.1 Å². The van der Waals surface area contributed by atoms with Gasteiger partial charge in [0.25, 0.3) is 0 Å². The zero-order chi connectivity index (χ0) is 14.5. The van der Waals surface area contributed by atoms with Crippen LogP contribution >= 0.6 is 27.5 Å². The Bertz CT molecular complexity index is 587. The highest BCUT2D eigenvalue weighted by atomic mass is 79.9. The Morgan fingerprint density at radius 1 is 1.15 bits per heavy atom. The Balaban J connectivity index is 2.18. The van der Waals surface area contributed by atoms with Crippen LogP contribution in [0, 0.1) is 5.82 Å². The van der Waals surface area contributed by atoms with Gasteiger partial charge in [-0.3, -0.25) is 0 Å². The van der Waals surface area contributed by atoms with E-state index in [1.165, 1.54) is 12.1 Å². The zero-order valence-electron chi connectivity index (χ0n) is 10.8. The number of benzene rings is 2. The molecule has 0 fully saturated rings. The first-order valence-electron chi connectivity index (χ1n) is 5.93. The molecule has 20 heavy (non-hydrogen) atoms. The molecule has 0 aromatic heterocycles. The molecule has 0 heterocycles. The lowest BCUT2D eigenvalue weighted by Crippen LogP contribution is -1.99. The summed E-state index contributed by atoms with van der Waals surface area (Å²) < 4.78 is 24.7. The molecule has 0 bridgehead atoms. The molecule has 0 aliphatic heterocycles. The van der Waals surface area contributed by atoms with Crippen molar-refractivity contribution in [1.29, 1.82) is 0 Å². The van der Waals surface area contributed by atoms with Gasteiger partial charge in [-0.15, -0.1) is 11.6 Å². The first-order valence-corrected chi connectivity index (χ1v) is 7.26. The molecule has 0 atom stereocenters. The van der Waals surface area contributed by atoms with Crippen LogP contribution in [-0.2, 0) is 12.5 Å². The lowest BCUT2D eigenvalue weighted by atomic mass is 10.2. The summed E-state index contributed by atoms with van der Waals surface area (Å²) in [5.41, 5.74) is 1.81. The first kappa shape index (κ1) is 15.1. The van der Waals surface area contributed by atoms with Crippen LogP contribution in [0.3, 0.4) is 0 Å². The van der Waals surface area contributed by atoms with Crippen LogP contribution in [0.25, 0.3) is 0 Å². The summed E-state index contributed by atoms with van der Waals surface area (Å²) in [5, 5.41) is 0. The van der Waals surface area contributed by atoms with Gasteiger partial charge >= 0.3 is 0 Å². The summed E-state index contributed by atoms with van der Waals surface area (Å²) in [4.78, 5) is 0. The number of hydrogen-bond donors (Lipinski definition) is 0. The van der Waals surface area contributed by atoms with Crippen LogP contribution in [0.2, 0.25) is 0 Å². The van der Waals surface area contributed by atoms with E-state index in [0.29, 0.717) is 24.0 Å². The molecular formula is C15H13BrClFO2. The number of hydrogen-bond acceptors (Lipinski definition) is 2. The number of halogens is 3. The second-order valence-corrected chi connectivity index (χ2v) is 5.28. The molecule has 2 aromatic rings. The van der Waals surface area contributed by atoms with Crippen molar-refractivity contribution in [3.63, 3.8) is 0 Å². The maximum Gasteiger partial charge on any atom is 0.175 e. The van der Waals surface area contributed by atoms with Crippen molar-refractivity contribution in [1.82, 2.24) is 0 Å². The molecule has 2 nitrogen and oxygen atoms in total. The fraction of sp³-hybridized carbons (Fsp3) is 0.200. The van der Waals surface area contributed by atoms with E-state index >= 15 is 0 Å². The predicted octanol–water partition coefficient (Wildman–Crippen LogP) is 4.91. The summed E-state index contributed by atoms with van der Waals surface area (Å²) in [7, 11) is 1.57. The van der Waals surface area contributed by atoms with Crippen molar-refractivity contribution in [2.45, 2.75) is 12.5 Å². The van der Waals surface area contributed by atoms with Gasteiger partial charge in [-0.1, -0.05) is 12.1 Å². The SMILES string of the molecule is COc1cc(CCl)cc(Br)c1OCc1ccc(F)cc1. The maximum absolute atomic E-state index is 12.8. The lowest BCUT2D eigenvalue weighted by molar-refractivity contribution is 0.282. The monoisotopic (exact) mass is 358 g/mol. The molecule has 2 rings (SSSR count).